The Hall–Kier alpha value is -3.30. The second-order valence-corrected chi connectivity index (χ2v) is 12.2. The lowest BCUT2D eigenvalue weighted by Crippen LogP contribution is -2.54. The summed E-state index contributed by atoms with van der Waals surface area (Å²) in [4.78, 5) is 53.5. The van der Waals surface area contributed by atoms with E-state index in [1.807, 2.05) is 52.0 Å². The minimum Gasteiger partial charge on any atom is -0.496 e. The molecule has 1 aliphatic rings. The predicted octanol–water partition coefficient (Wildman–Crippen LogP) is 3.63. The number of para-hydroxylation sites is 1. The van der Waals surface area contributed by atoms with Crippen LogP contribution in [0.4, 0.5) is 4.79 Å². The Balaban J connectivity index is 1.94. The van der Waals surface area contributed by atoms with E-state index >= 15 is 0 Å². The molecular formula is C30H48N4O6. The van der Waals surface area contributed by atoms with Crippen molar-refractivity contribution in [3.63, 3.8) is 0 Å². The minimum absolute atomic E-state index is 0.112. The molecular weight excluding hydrogens is 512 g/mol. The highest BCUT2D eigenvalue weighted by molar-refractivity contribution is 5.89. The number of ether oxygens (including phenoxy) is 2. The highest BCUT2D eigenvalue weighted by Gasteiger charge is 2.34. The summed E-state index contributed by atoms with van der Waals surface area (Å²) in [7, 11) is 1.58. The van der Waals surface area contributed by atoms with Crippen molar-refractivity contribution >= 4 is 23.8 Å². The predicted molar refractivity (Wildman–Crippen MR) is 154 cm³/mol. The third-order valence-corrected chi connectivity index (χ3v) is 6.77. The number of hydrogen-bond donors (Lipinski definition) is 3. The standard InChI is InChI=1S/C30H48N4O6/c1-19(2)17-23(32-29(38)40-30(5,6)7)28(37)34-15-13-21(14-16-34)26(35)33-25(20(3)4)27(36)31-18-22-11-9-10-12-24(22)39-8/h9-12,19-21,23,25H,13-18H2,1-8H3,(H,31,36)(H,32,38)(H,33,35)/t23-,25-/m0/s1. The second-order valence-electron chi connectivity index (χ2n) is 12.2. The van der Waals surface area contributed by atoms with Crippen LogP contribution in [0.5, 0.6) is 5.75 Å². The van der Waals surface area contributed by atoms with Crippen molar-refractivity contribution < 1.29 is 28.7 Å². The smallest absolute Gasteiger partial charge is 0.408 e. The molecule has 40 heavy (non-hydrogen) atoms. The Morgan fingerprint density at radius 1 is 1.00 bits per heavy atom. The van der Waals surface area contributed by atoms with Gasteiger partial charge < -0.3 is 30.3 Å². The fourth-order valence-corrected chi connectivity index (χ4v) is 4.67. The molecule has 2 atom stereocenters. The molecule has 10 nitrogen and oxygen atoms in total. The molecule has 224 valence electrons. The van der Waals surface area contributed by atoms with Gasteiger partial charge in [-0.25, -0.2) is 4.79 Å². The number of benzene rings is 1. The minimum atomic E-state index is -0.697. The van der Waals surface area contributed by atoms with Crippen LogP contribution in [0, 0.1) is 17.8 Å². The van der Waals surface area contributed by atoms with Gasteiger partial charge in [-0.15, -0.1) is 0 Å². The molecule has 0 bridgehead atoms. The monoisotopic (exact) mass is 560 g/mol. The van der Waals surface area contributed by atoms with Crippen molar-refractivity contribution in [2.24, 2.45) is 17.8 Å². The molecule has 3 N–H and O–H groups in total. The van der Waals surface area contributed by atoms with Gasteiger partial charge in [-0.1, -0.05) is 45.9 Å². The van der Waals surface area contributed by atoms with Crippen molar-refractivity contribution in [1.29, 1.82) is 0 Å². The fourth-order valence-electron chi connectivity index (χ4n) is 4.67. The van der Waals surface area contributed by atoms with Crippen LogP contribution in [-0.2, 0) is 25.7 Å². The Morgan fingerprint density at radius 3 is 2.17 bits per heavy atom. The van der Waals surface area contributed by atoms with Crippen molar-refractivity contribution in [1.82, 2.24) is 20.9 Å². The van der Waals surface area contributed by atoms with E-state index in [1.54, 1.807) is 32.8 Å². The van der Waals surface area contributed by atoms with E-state index in [0.29, 0.717) is 38.1 Å². The molecule has 1 heterocycles. The average molecular weight is 561 g/mol. The topological polar surface area (TPSA) is 126 Å². The normalized spacial score (nSPS) is 15.8. The van der Waals surface area contributed by atoms with E-state index < -0.39 is 23.8 Å². The second kappa shape index (κ2) is 14.9. The van der Waals surface area contributed by atoms with E-state index in [9.17, 15) is 19.2 Å². The SMILES string of the molecule is COc1ccccc1CNC(=O)[C@@H](NC(=O)C1CCN(C(=O)[C@H](CC(C)C)NC(=O)OC(C)(C)C)CC1)C(C)C. The molecule has 0 aromatic heterocycles. The van der Waals surface area contributed by atoms with E-state index in [1.165, 1.54) is 0 Å². The molecule has 0 saturated carbocycles. The molecule has 1 saturated heterocycles. The van der Waals surface area contributed by atoms with Crippen LogP contribution in [0.2, 0.25) is 0 Å². The quantitative estimate of drug-likeness (QED) is 0.380. The van der Waals surface area contributed by atoms with Gasteiger partial charge >= 0.3 is 6.09 Å². The number of hydrogen-bond acceptors (Lipinski definition) is 6. The van der Waals surface area contributed by atoms with Gasteiger partial charge in [0, 0.05) is 31.1 Å². The zero-order valence-electron chi connectivity index (χ0n) is 25.3. The summed E-state index contributed by atoms with van der Waals surface area (Å²) in [6.45, 7) is 14.2. The molecule has 4 amide bonds. The Morgan fingerprint density at radius 2 is 1.62 bits per heavy atom. The maximum absolute atomic E-state index is 13.3. The third-order valence-electron chi connectivity index (χ3n) is 6.77. The highest BCUT2D eigenvalue weighted by Crippen LogP contribution is 2.21. The Kier molecular flexibility index (Phi) is 12.3. The zero-order valence-corrected chi connectivity index (χ0v) is 25.3. The van der Waals surface area contributed by atoms with Crippen LogP contribution >= 0.6 is 0 Å². The van der Waals surface area contributed by atoms with Crippen LogP contribution in [-0.4, -0.2) is 66.6 Å². The molecule has 0 radical (unpaired) electrons. The van der Waals surface area contributed by atoms with Gasteiger partial charge in [0.25, 0.3) is 0 Å². The van der Waals surface area contributed by atoms with Gasteiger partial charge in [-0.3, -0.25) is 14.4 Å². The lowest BCUT2D eigenvalue weighted by atomic mass is 9.93. The van der Waals surface area contributed by atoms with Crippen molar-refractivity contribution in [3.8, 4) is 5.75 Å². The first-order valence-corrected chi connectivity index (χ1v) is 14.2. The molecule has 2 rings (SSSR count). The molecule has 0 aliphatic carbocycles. The van der Waals surface area contributed by atoms with Gasteiger partial charge in [0.15, 0.2) is 0 Å². The van der Waals surface area contributed by atoms with Crippen molar-refractivity contribution in [3.05, 3.63) is 29.8 Å². The largest absolute Gasteiger partial charge is 0.496 e. The number of methoxy groups -OCH3 is 1. The molecule has 10 heteroatoms. The maximum Gasteiger partial charge on any atom is 0.408 e. The van der Waals surface area contributed by atoms with Crippen LogP contribution in [0.1, 0.15) is 73.3 Å². The van der Waals surface area contributed by atoms with Crippen LogP contribution in [0.15, 0.2) is 24.3 Å². The summed E-state index contributed by atoms with van der Waals surface area (Å²) in [5, 5.41) is 8.58. The first-order chi connectivity index (χ1) is 18.7. The summed E-state index contributed by atoms with van der Waals surface area (Å²) in [6, 6.07) is 6.07. The summed E-state index contributed by atoms with van der Waals surface area (Å²) in [5.74, 6) is -0.168. The lowest BCUT2D eigenvalue weighted by molar-refractivity contribution is -0.138. The van der Waals surface area contributed by atoms with Gasteiger partial charge in [0.05, 0.1) is 7.11 Å². The average Bonchev–Trinajstić information content (AvgIpc) is 2.88. The van der Waals surface area contributed by atoms with Crippen LogP contribution in [0.3, 0.4) is 0 Å². The first-order valence-electron chi connectivity index (χ1n) is 14.2. The number of likely N-dealkylation sites (tertiary alicyclic amines) is 1. The maximum atomic E-state index is 13.3. The summed E-state index contributed by atoms with van der Waals surface area (Å²) in [5.41, 5.74) is 0.182. The third kappa shape index (κ3) is 10.4. The van der Waals surface area contributed by atoms with E-state index in [2.05, 4.69) is 16.0 Å². The van der Waals surface area contributed by atoms with Crippen molar-refractivity contribution in [2.75, 3.05) is 20.2 Å². The number of amides is 4. The molecule has 1 aliphatic heterocycles. The number of piperidine rings is 1. The van der Waals surface area contributed by atoms with Gasteiger partial charge in [-0.2, -0.15) is 0 Å². The molecule has 1 aromatic rings. The van der Waals surface area contributed by atoms with Crippen LogP contribution < -0.4 is 20.7 Å². The number of rotatable bonds is 11. The van der Waals surface area contributed by atoms with Gasteiger partial charge in [0.1, 0.15) is 23.4 Å². The fraction of sp³-hybridized carbons (Fsp3) is 0.667. The van der Waals surface area contributed by atoms with Crippen LogP contribution in [0.25, 0.3) is 0 Å². The number of nitrogens with zero attached hydrogens (tertiary/aromatic N) is 1. The number of carbonyl (C=O) groups is 4. The van der Waals surface area contributed by atoms with Gasteiger partial charge in [0.2, 0.25) is 17.7 Å². The summed E-state index contributed by atoms with van der Waals surface area (Å²) < 4.78 is 10.7. The molecule has 0 spiro atoms. The van der Waals surface area contributed by atoms with Gasteiger partial charge in [-0.05, 0) is 57.9 Å². The van der Waals surface area contributed by atoms with E-state index in [0.717, 1.165) is 5.56 Å². The van der Waals surface area contributed by atoms with Crippen molar-refractivity contribution in [2.45, 2.75) is 92.0 Å². The highest BCUT2D eigenvalue weighted by atomic mass is 16.6. The Labute approximate surface area is 238 Å². The van der Waals surface area contributed by atoms with E-state index in [4.69, 9.17) is 9.47 Å². The Bertz CT molecular complexity index is 1010. The lowest BCUT2D eigenvalue weighted by Gasteiger charge is -2.35. The number of nitrogens with one attached hydrogen (secondary N) is 3. The van der Waals surface area contributed by atoms with E-state index in [-0.39, 0.29) is 42.0 Å². The number of carbonyl (C=O) groups excluding carboxylic acids is 4. The summed E-state index contributed by atoms with van der Waals surface area (Å²) >= 11 is 0. The first kappa shape index (κ1) is 32.9. The molecule has 1 fully saturated rings. The zero-order chi connectivity index (χ0) is 30.0. The number of alkyl carbamates (subject to hydrolysis) is 1. The molecule has 0 unspecified atom stereocenters. The molecule has 1 aromatic carbocycles. The summed E-state index contributed by atoms with van der Waals surface area (Å²) in [6.07, 6.45) is 0.820.